The monoisotopic (exact) mass is 243 g/mol. The Labute approximate surface area is 104 Å². The van der Waals surface area contributed by atoms with Gasteiger partial charge in [-0.3, -0.25) is 0 Å². The van der Waals surface area contributed by atoms with Gasteiger partial charge in [0, 0.05) is 36.1 Å². The summed E-state index contributed by atoms with van der Waals surface area (Å²) in [5.74, 6) is 1.31. The Kier molecular flexibility index (Phi) is 4.20. The molecule has 1 aliphatic heterocycles. The van der Waals surface area contributed by atoms with Crippen LogP contribution in [0.4, 0.5) is 0 Å². The number of thioether (sulfide) groups is 1. The van der Waals surface area contributed by atoms with E-state index in [2.05, 4.69) is 37.4 Å². The van der Waals surface area contributed by atoms with Crippen molar-refractivity contribution in [3.05, 3.63) is 0 Å². The van der Waals surface area contributed by atoms with Crippen LogP contribution in [0.15, 0.2) is 0 Å². The summed E-state index contributed by atoms with van der Waals surface area (Å²) in [6, 6.07) is 0. The summed E-state index contributed by atoms with van der Waals surface area (Å²) < 4.78 is 5.81. The number of hydrogen-bond donors (Lipinski definition) is 0. The molecule has 0 spiro atoms. The molecule has 1 saturated heterocycles. The van der Waals surface area contributed by atoms with Crippen LogP contribution in [0.2, 0.25) is 0 Å². The molecule has 0 amide bonds. The highest BCUT2D eigenvalue weighted by Crippen LogP contribution is 2.47. The molecule has 0 radical (unpaired) electrons. The maximum absolute atomic E-state index is 5.81. The molecular formula is C13H25NOS. The van der Waals surface area contributed by atoms with Crippen molar-refractivity contribution in [2.45, 2.75) is 45.0 Å². The summed E-state index contributed by atoms with van der Waals surface area (Å²) in [5, 5.41) is 0.815. The smallest absolute Gasteiger partial charge is 0.0538 e. The van der Waals surface area contributed by atoms with Gasteiger partial charge in [-0.1, -0.05) is 6.92 Å². The first-order valence-corrected chi connectivity index (χ1v) is 7.60. The molecule has 2 nitrogen and oxygen atoms in total. The summed E-state index contributed by atoms with van der Waals surface area (Å²) >= 11 is 2.11. The van der Waals surface area contributed by atoms with Gasteiger partial charge in [0.05, 0.1) is 12.7 Å². The van der Waals surface area contributed by atoms with Crippen LogP contribution >= 0.6 is 11.8 Å². The van der Waals surface area contributed by atoms with Gasteiger partial charge >= 0.3 is 0 Å². The topological polar surface area (TPSA) is 12.5 Å². The first kappa shape index (κ1) is 12.7. The number of ether oxygens (including phenoxy) is 1. The van der Waals surface area contributed by atoms with Crippen LogP contribution in [-0.2, 0) is 4.74 Å². The highest BCUT2D eigenvalue weighted by molar-refractivity contribution is 7.99. The lowest BCUT2D eigenvalue weighted by atomic mass is 10.1. The Morgan fingerprint density at radius 3 is 2.75 bits per heavy atom. The van der Waals surface area contributed by atoms with E-state index in [0.717, 1.165) is 11.9 Å². The van der Waals surface area contributed by atoms with Gasteiger partial charge in [0.15, 0.2) is 0 Å². The Hall–Kier alpha value is 0.270. The highest BCUT2D eigenvalue weighted by atomic mass is 32.2. The van der Waals surface area contributed by atoms with E-state index in [4.69, 9.17) is 4.74 Å². The minimum Gasteiger partial charge on any atom is -0.378 e. The molecule has 0 aromatic rings. The maximum atomic E-state index is 5.81. The molecule has 1 atom stereocenters. The molecule has 2 aliphatic rings. The molecule has 1 heterocycles. The zero-order valence-electron chi connectivity index (χ0n) is 10.9. The third kappa shape index (κ3) is 3.64. The maximum Gasteiger partial charge on any atom is 0.0538 e. The van der Waals surface area contributed by atoms with Crippen molar-refractivity contribution >= 4 is 11.8 Å². The van der Waals surface area contributed by atoms with Crippen molar-refractivity contribution in [2.75, 3.05) is 32.0 Å². The lowest BCUT2D eigenvalue weighted by Crippen LogP contribution is -2.41. The zero-order valence-corrected chi connectivity index (χ0v) is 11.7. The summed E-state index contributed by atoms with van der Waals surface area (Å²) in [5.41, 5.74) is 0.520. The predicted molar refractivity (Wildman–Crippen MR) is 71.1 cm³/mol. The van der Waals surface area contributed by atoms with Crippen molar-refractivity contribution in [3.63, 3.8) is 0 Å². The molecule has 16 heavy (non-hydrogen) atoms. The van der Waals surface area contributed by atoms with E-state index >= 15 is 0 Å². The minimum absolute atomic E-state index is 0.383. The number of rotatable bonds is 5. The van der Waals surface area contributed by atoms with Crippen molar-refractivity contribution in [3.8, 4) is 0 Å². The van der Waals surface area contributed by atoms with Gasteiger partial charge in [-0.2, -0.15) is 11.8 Å². The van der Waals surface area contributed by atoms with E-state index < -0.39 is 0 Å². The molecular weight excluding hydrogens is 218 g/mol. The Bertz CT molecular complexity index is 228. The standard InChI is InChI=1S/C13H25NOS/c1-11(2)15-10-13(4-5-13)9-14-6-7-16-12(3)8-14/h11-12H,4-10H2,1-3H3/t12-/m1/s1. The van der Waals surface area contributed by atoms with E-state index in [-0.39, 0.29) is 0 Å². The second-order valence-corrected chi connectivity index (χ2v) is 7.32. The van der Waals surface area contributed by atoms with E-state index in [0.29, 0.717) is 11.5 Å². The largest absolute Gasteiger partial charge is 0.378 e. The second-order valence-electron chi connectivity index (χ2n) is 5.78. The molecule has 1 aliphatic carbocycles. The summed E-state index contributed by atoms with van der Waals surface area (Å²) in [6.45, 7) is 11.4. The first-order chi connectivity index (χ1) is 7.60. The van der Waals surface area contributed by atoms with Crippen LogP contribution in [0.1, 0.15) is 33.6 Å². The Balaban J connectivity index is 1.75. The average Bonchev–Trinajstić information content (AvgIpc) is 2.96. The van der Waals surface area contributed by atoms with Gasteiger partial charge in [0.25, 0.3) is 0 Å². The van der Waals surface area contributed by atoms with Crippen LogP contribution < -0.4 is 0 Å². The molecule has 0 unspecified atom stereocenters. The molecule has 3 heteroatoms. The van der Waals surface area contributed by atoms with Gasteiger partial charge in [-0.05, 0) is 26.7 Å². The Morgan fingerprint density at radius 1 is 1.44 bits per heavy atom. The number of hydrogen-bond acceptors (Lipinski definition) is 3. The van der Waals surface area contributed by atoms with Crippen LogP contribution in [0.5, 0.6) is 0 Å². The van der Waals surface area contributed by atoms with Gasteiger partial charge in [-0.25, -0.2) is 0 Å². The normalized spacial score (nSPS) is 29.6. The van der Waals surface area contributed by atoms with Crippen molar-refractivity contribution in [2.24, 2.45) is 5.41 Å². The SMILES string of the molecule is CC(C)OCC1(CN2CCS[C@H](C)C2)CC1. The van der Waals surface area contributed by atoms with Crippen LogP contribution in [0.25, 0.3) is 0 Å². The van der Waals surface area contributed by atoms with E-state index in [1.54, 1.807) is 0 Å². The molecule has 94 valence electrons. The molecule has 0 bridgehead atoms. The third-order valence-corrected chi connectivity index (χ3v) is 4.70. The fourth-order valence-electron chi connectivity index (χ4n) is 2.38. The second kappa shape index (κ2) is 5.28. The van der Waals surface area contributed by atoms with Crippen LogP contribution in [-0.4, -0.2) is 48.2 Å². The number of nitrogens with zero attached hydrogens (tertiary/aromatic N) is 1. The Morgan fingerprint density at radius 2 is 2.19 bits per heavy atom. The lowest BCUT2D eigenvalue weighted by Gasteiger charge is -2.33. The highest BCUT2D eigenvalue weighted by Gasteiger charge is 2.44. The molecule has 2 fully saturated rings. The van der Waals surface area contributed by atoms with Gasteiger partial charge < -0.3 is 9.64 Å². The minimum atomic E-state index is 0.383. The first-order valence-electron chi connectivity index (χ1n) is 6.55. The average molecular weight is 243 g/mol. The zero-order chi connectivity index (χ0) is 11.6. The molecule has 0 aromatic heterocycles. The van der Waals surface area contributed by atoms with E-state index in [1.807, 2.05) is 0 Å². The van der Waals surface area contributed by atoms with Crippen molar-refractivity contribution < 1.29 is 4.74 Å². The van der Waals surface area contributed by atoms with E-state index in [9.17, 15) is 0 Å². The summed E-state index contributed by atoms with van der Waals surface area (Å²) in [4.78, 5) is 2.65. The molecule has 0 aromatic carbocycles. The lowest BCUT2D eigenvalue weighted by molar-refractivity contribution is 0.0315. The molecule has 0 N–H and O–H groups in total. The van der Waals surface area contributed by atoms with Crippen molar-refractivity contribution in [1.82, 2.24) is 4.90 Å². The molecule has 1 saturated carbocycles. The summed E-state index contributed by atoms with van der Waals surface area (Å²) in [6.07, 6.45) is 3.13. The third-order valence-electron chi connectivity index (χ3n) is 3.56. The fraction of sp³-hybridized carbons (Fsp3) is 1.00. The summed E-state index contributed by atoms with van der Waals surface area (Å²) in [7, 11) is 0. The predicted octanol–water partition coefficient (Wildman–Crippen LogP) is 2.63. The van der Waals surface area contributed by atoms with Crippen molar-refractivity contribution in [1.29, 1.82) is 0 Å². The van der Waals surface area contributed by atoms with Gasteiger partial charge in [0.2, 0.25) is 0 Å². The van der Waals surface area contributed by atoms with Gasteiger partial charge in [-0.15, -0.1) is 0 Å². The molecule has 2 rings (SSSR count). The van der Waals surface area contributed by atoms with E-state index in [1.165, 1.54) is 38.2 Å². The van der Waals surface area contributed by atoms with Gasteiger partial charge in [0.1, 0.15) is 0 Å². The fourth-order valence-corrected chi connectivity index (χ4v) is 3.46. The van der Waals surface area contributed by atoms with Crippen LogP contribution in [0.3, 0.4) is 0 Å². The quantitative estimate of drug-likeness (QED) is 0.736. The van der Waals surface area contributed by atoms with Crippen LogP contribution in [0, 0.1) is 5.41 Å².